The number of thiophene rings is 1. The number of carbonyl (C=O) groups is 5. The molecule has 2 bridgehead atoms. The largest absolute Gasteiger partial charge is 0.463 e. The molecule has 566 valence electrons. The van der Waals surface area contributed by atoms with Crippen LogP contribution in [0.25, 0.3) is 42.6 Å². The topological polar surface area (TPSA) is 234 Å². The van der Waals surface area contributed by atoms with Gasteiger partial charge in [0, 0.05) is 68.3 Å². The molecule has 6 aliphatic rings. The molecule has 105 heavy (non-hydrogen) atoms. The number of anilines is 2. The second kappa shape index (κ2) is 29.1. The molecule has 2 saturated carbocycles. The molecule has 2 aliphatic carbocycles. The number of nitriles is 1. The minimum Gasteiger partial charge on any atom is -0.463 e. The summed E-state index contributed by atoms with van der Waals surface area (Å²) < 4.78 is 90.4. The summed E-state index contributed by atoms with van der Waals surface area (Å²) >= 11 is 9.46. The fraction of sp³-hybridized carbons (Fsp3) is 0.597. The predicted octanol–water partition coefficient (Wildman–Crippen LogP) is 16.1. The van der Waals surface area contributed by atoms with Gasteiger partial charge in [-0.3, -0.25) is 24.6 Å². The Hall–Kier alpha value is -7.22. The van der Waals surface area contributed by atoms with Crippen LogP contribution in [0.1, 0.15) is 158 Å². The highest BCUT2D eigenvalue weighted by molar-refractivity contribution is 7.23. The van der Waals surface area contributed by atoms with E-state index in [0.717, 1.165) is 64.8 Å². The highest BCUT2D eigenvalue weighted by Gasteiger charge is 2.72. The van der Waals surface area contributed by atoms with Crippen LogP contribution in [-0.2, 0) is 34.8 Å². The lowest BCUT2D eigenvalue weighted by Gasteiger charge is -2.44. The minimum absolute atomic E-state index is 0.0158. The number of fused-ring (bicyclic) bond motifs is 4. The maximum absolute atomic E-state index is 18.0. The van der Waals surface area contributed by atoms with E-state index in [1.807, 2.05) is 73.3 Å². The number of rotatable bonds is 19. The second-order valence-electron chi connectivity index (χ2n) is 34.5. The number of ether oxygens (including phenoxy) is 3. The van der Waals surface area contributed by atoms with E-state index in [1.54, 1.807) is 62.7 Å². The zero-order valence-electron chi connectivity index (χ0n) is 62.7. The average molecular weight is 1530 g/mol. The average Bonchev–Trinajstić information content (AvgIpc) is 1.48. The van der Waals surface area contributed by atoms with Crippen molar-refractivity contribution in [3.8, 4) is 33.6 Å². The first-order valence-electron chi connectivity index (χ1n) is 36.5. The Balaban J connectivity index is 0.706. The van der Waals surface area contributed by atoms with Gasteiger partial charge >= 0.3 is 18.2 Å². The van der Waals surface area contributed by atoms with Crippen LogP contribution in [0.5, 0.6) is 6.01 Å². The number of amides is 5. The van der Waals surface area contributed by atoms with Gasteiger partial charge in [0.25, 0.3) is 5.92 Å². The van der Waals surface area contributed by atoms with E-state index < -0.39 is 85.2 Å². The van der Waals surface area contributed by atoms with Crippen molar-refractivity contribution in [2.45, 2.75) is 220 Å². The van der Waals surface area contributed by atoms with Crippen molar-refractivity contribution in [3.63, 3.8) is 0 Å². The molecule has 4 aliphatic heterocycles. The van der Waals surface area contributed by atoms with Crippen molar-refractivity contribution in [1.29, 1.82) is 5.26 Å². The molecule has 20 nitrogen and oxygen atoms in total. The molecule has 6 atom stereocenters. The number of thiazole rings is 1. The van der Waals surface area contributed by atoms with Gasteiger partial charge in [-0.2, -0.15) is 15.2 Å². The first-order chi connectivity index (χ1) is 49.1. The second-order valence-corrected chi connectivity index (χ2v) is 41.5. The number of piperazine rings is 1. The fourth-order valence-electron chi connectivity index (χ4n) is 15.6. The number of halogens is 5. The van der Waals surface area contributed by atoms with Gasteiger partial charge in [-0.05, 0) is 170 Å². The van der Waals surface area contributed by atoms with Gasteiger partial charge in [0.05, 0.1) is 55.0 Å². The highest BCUT2D eigenvalue weighted by atomic mass is 35.5. The number of hydrogen-bond acceptors (Lipinski definition) is 17. The number of nitrogens with zero attached hydrogens (tertiary/aromatic N) is 8. The molecular formula is C77H98ClF4N11O9S2Si. The Kier molecular flexibility index (Phi) is 21.4. The SMILES string of the molecule is Cc1ncsc1-c1ccc(CNC(=O)[C@@H]2C[C@@H](O[Si](C)(C)C(C)(C)C)CN2C(=O)[C@@H](NC(=O)CC2CC(C3CCN(C[C@@]4(COc5nc(N6C[C@H]7CC[C@@H](C6)N7C(=O)OC(C)(C)C)c6cc(Cl)c(-c7ccc(F)c8sc(NC(=O)OC(C)(C)C)c(C#N)c78)c(F)c6n5)CC4(F)F)CC3)C2)C(C)(C)C)cc1. The number of hydrogen-bond donors (Lipinski definition) is 3. The molecule has 0 radical (unpaired) electrons. The maximum atomic E-state index is 18.0. The van der Waals surface area contributed by atoms with E-state index in [0.29, 0.717) is 44.2 Å². The van der Waals surface area contributed by atoms with Crippen molar-refractivity contribution in [3.05, 3.63) is 81.5 Å². The van der Waals surface area contributed by atoms with Gasteiger partial charge < -0.3 is 44.0 Å². The molecular weight excluding hydrogens is 1430 g/mol. The van der Waals surface area contributed by atoms with Crippen LogP contribution < -0.4 is 25.6 Å². The van der Waals surface area contributed by atoms with Crippen molar-refractivity contribution < 1.29 is 60.2 Å². The Morgan fingerprint density at radius 2 is 1.51 bits per heavy atom. The summed E-state index contributed by atoms with van der Waals surface area (Å²) in [7, 11) is -2.32. The van der Waals surface area contributed by atoms with Gasteiger partial charge in [0.15, 0.2) is 14.1 Å². The van der Waals surface area contributed by atoms with Crippen molar-refractivity contribution in [2.75, 3.05) is 56.1 Å². The number of carbonyl (C=O) groups excluding carboxylic acids is 5. The lowest BCUT2D eigenvalue weighted by molar-refractivity contribution is -0.144. The van der Waals surface area contributed by atoms with E-state index in [9.17, 15) is 24.4 Å². The van der Waals surface area contributed by atoms with E-state index in [2.05, 4.69) is 59.8 Å². The molecule has 3 aromatic carbocycles. The number of piperidine rings is 1. The Morgan fingerprint density at radius 3 is 2.10 bits per heavy atom. The summed E-state index contributed by atoms with van der Waals surface area (Å²) in [6.07, 6.45) is 2.83. The van der Waals surface area contributed by atoms with E-state index in [-0.39, 0.29) is 146 Å². The first-order valence-corrected chi connectivity index (χ1v) is 41.5. The van der Waals surface area contributed by atoms with Crippen LogP contribution in [-0.4, -0.2) is 161 Å². The van der Waals surface area contributed by atoms with Gasteiger partial charge in [-0.1, -0.05) is 83.5 Å². The first kappa shape index (κ1) is 77.4. The molecule has 28 heteroatoms. The smallest absolute Gasteiger partial charge is 0.412 e. The van der Waals surface area contributed by atoms with Gasteiger partial charge in [0.1, 0.15) is 58.1 Å². The molecule has 0 spiro atoms. The molecule has 4 saturated heterocycles. The molecule has 6 fully saturated rings. The lowest BCUT2D eigenvalue weighted by Crippen LogP contribution is -2.58. The highest BCUT2D eigenvalue weighted by Crippen LogP contribution is 2.61. The normalized spacial score (nSPS) is 23.2. The molecule has 5 amide bonds. The van der Waals surface area contributed by atoms with Crippen LogP contribution in [0.15, 0.2) is 48.0 Å². The van der Waals surface area contributed by atoms with Crippen LogP contribution in [0.3, 0.4) is 0 Å². The van der Waals surface area contributed by atoms with Crippen molar-refractivity contribution >= 4 is 104 Å². The molecule has 7 heterocycles. The number of likely N-dealkylation sites (tertiary alicyclic amines) is 2. The summed E-state index contributed by atoms with van der Waals surface area (Å²) in [6, 6.07) is 11.2. The van der Waals surface area contributed by atoms with E-state index >= 15 is 22.4 Å². The van der Waals surface area contributed by atoms with Gasteiger partial charge in [-0.15, -0.1) is 22.7 Å². The standard InChI is InChI=1S/C77H98ClF4N11O9S2Si/c1-42-62(103-41-85-42)46-18-16-43(17-19-46)34-84-66(95)56-31-50(102-105(14,15)75(11,12)13)37-92(56)68(96)64(72(2,3)4)86-57(94)30-44-28-47(29-44)45-24-26-90(27-25-45)39-76(38-77(76,81)82)40-99-69-87-61-52(65(88-69)91-35-48-20-21-49(36-91)93(48)71(98)101-74(8,9)10)32-54(78)59(60(61)80)51-22-23-55(79)63-58(51)53(33-83)67(104-63)89-70(97)100-73(5,6)7/h16-19,22-23,32,41,44-45,47-50,56,64H,20-21,24-31,34-40H2,1-15H3,(H,84,95)(H,86,94)(H,89,97)/t44?,47?,48-,49+,50-,56+,64-,76-/m1/s1. The number of benzene rings is 3. The molecule has 6 aromatic rings. The molecule has 3 N–H and O–H groups in total. The molecule has 12 rings (SSSR count). The summed E-state index contributed by atoms with van der Waals surface area (Å²) in [6.45, 7) is 30.5. The monoisotopic (exact) mass is 1520 g/mol. The third kappa shape index (κ3) is 16.5. The van der Waals surface area contributed by atoms with Crippen LogP contribution >= 0.6 is 34.3 Å². The van der Waals surface area contributed by atoms with E-state index in [4.69, 9.17) is 35.2 Å². The maximum Gasteiger partial charge on any atom is 0.412 e. The van der Waals surface area contributed by atoms with Gasteiger partial charge in [-0.25, -0.2) is 32.1 Å². The van der Waals surface area contributed by atoms with Crippen molar-refractivity contribution in [1.82, 2.24) is 40.3 Å². The fourth-order valence-corrected chi connectivity index (χ4v) is 19.1. The Bertz CT molecular complexity index is 4370. The quantitative estimate of drug-likeness (QED) is 0.0505. The van der Waals surface area contributed by atoms with Crippen LogP contribution in [0, 0.1) is 58.5 Å². The molecule has 0 unspecified atom stereocenters. The van der Waals surface area contributed by atoms with E-state index in [1.165, 1.54) is 12.1 Å². The Labute approximate surface area is 626 Å². The predicted molar refractivity (Wildman–Crippen MR) is 402 cm³/mol. The molecule has 3 aromatic heterocycles. The van der Waals surface area contributed by atoms with Gasteiger partial charge in [0.2, 0.25) is 17.7 Å². The number of nitrogens with one attached hydrogen (secondary N) is 3. The summed E-state index contributed by atoms with van der Waals surface area (Å²) in [5.74, 6) is -4.75. The third-order valence-corrected chi connectivity index (χ3v) is 29.2. The minimum atomic E-state index is -3.11. The zero-order valence-corrected chi connectivity index (χ0v) is 66.1. The van der Waals surface area contributed by atoms with Crippen molar-refractivity contribution in [2.24, 2.45) is 28.6 Å². The number of alkyl halides is 2. The number of aryl methyl sites for hydroxylation is 1. The Morgan fingerprint density at radius 1 is 0.857 bits per heavy atom. The van der Waals surface area contributed by atoms with Crippen LogP contribution in [0.4, 0.5) is 38.0 Å². The van der Waals surface area contributed by atoms with Crippen LogP contribution in [0.2, 0.25) is 23.2 Å². The summed E-state index contributed by atoms with van der Waals surface area (Å²) in [5, 5.41) is 19.2. The summed E-state index contributed by atoms with van der Waals surface area (Å²) in [5.41, 5.74) is 0.0576. The zero-order chi connectivity index (χ0) is 76.0. The lowest BCUT2D eigenvalue weighted by atomic mass is 9.65. The summed E-state index contributed by atoms with van der Waals surface area (Å²) in [4.78, 5) is 92.3. The third-order valence-electron chi connectivity index (χ3n) is 22.2. The number of aromatic nitrogens is 3.